The number of benzene rings is 3. The van der Waals surface area contributed by atoms with Gasteiger partial charge in [0.05, 0.1) is 18.9 Å². The highest BCUT2D eigenvalue weighted by molar-refractivity contribution is 8.00. The van der Waals surface area contributed by atoms with Gasteiger partial charge in [0.1, 0.15) is 5.75 Å². The van der Waals surface area contributed by atoms with Crippen LogP contribution in [0.4, 0.5) is 11.4 Å². The van der Waals surface area contributed by atoms with Crippen molar-refractivity contribution in [2.75, 3.05) is 17.7 Å². The van der Waals surface area contributed by atoms with Gasteiger partial charge in [0.2, 0.25) is 5.91 Å². The van der Waals surface area contributed by atoms with E-state index in [1.54, 1.807) is 7.11 Å². The van der Waals surface area contributed by atoms with E-state index < -0.39 is 0 Å². The first-order chi connectivity index (χ1) is 17.4. The molecule has 0 aliphatic heterocycles. The minimum absolute atomic E-state index is 0.0752. The number of hydrogen-bond donors (Lipinski definition) is 2. The van der Waals surface area contributed by atoms with Crippen molar-refractivity contribution in [3.05, 3.63) is 89.2 Å². The topological polar surface area (TPSA) is 81.1 Å². The molecule has 4 aromatic rings. The zero-order valence-corrected chi connectivity index (χ0v) is 22.0. The molecule has 3 aromatic carbocycles. The first-order valence-corrected chi connectivity index (χ1v) is 12.7. The molecule has 0 aliphatic rings. The summed E-state index contributed by atoms with van der Waals surface area (Å²) in [6.45, 7) is 8.40. The monoisotopic (exact) mass is 501 g/mol. The van der Waals surface area contributed by atoms with E-state index in [0.717, 1.165) is 39.8 Å². The van der Waals surface area contributed by atoms with Crippen molar-refractivity contribution in [2.24, 2.45) is 0 Å². The smallest absolute Gasteiger partial charge is 0.237 e. The largest absolute Gasteiger partial charge is 0.497 e. The average molecular weight is 502 g/mol. The SMILES string of the molecule is COc1ccc(NCc2nnc(SC(C)C(=O)Nc3c(C)cccc3C)n2-c2ccc(C)cc2)cc1. The summed E-state index contributed by atoms with van der Waals surface area (Å²) in [5.41, 5.74) is 6.00. The Bertz CT molecular complexity index is 1310. The molecule has 0 aliphatic carbocycles. The molecule has 186 valence electrons. The molecule has 0 fully saturated rings. The molecule has 1 amide bonds. The number of nitrogens with zero attached hydrogens (tertiary/aromatic N) is 3. The molecular weight excluding hydrogens is 470 g/mol. The first-order valence-electron chi connectivity index (χ1n) is 11.8. The van der Waals surface area contributed by atoms with Gasteiger partial charge in [-0.05, 0) is 75.2 Å². The summed E-state index contributed by atoms with van der Waals surface area (Å²) < 4.78 is 7.24. The summed E-state index contributed by atoms with van der Waals surface area (Å²) in [6.07, 6.45) is 0. The van der Waals surface area contributed by atoms with Crippen LogP contribution in [0, 0.1) is 20.8 Å². The number of para-hydroxylation sites is 1. The van der Waals surface area contributed by atoms with Crippen molar-refractivity contribution in [2.45, 2.75) is 44.6 Å². The molecule has 1 aromatic heterocycles. The van der Waals surface area contributed by atoms with Gasteiger partial charge in [0.15, 0.2) is 11.0 Å². The molecular formula is C28H31N5O2S. The number of rotatable bonds is 9. The fourth-order valence-electron chi connectivity index (χ4n) is 3.78. The molecule has 0 saturated carbocycles. The van der Waals surface area contributed by atoms with E-state index in [4.69, 9.17) is 4.74 Å². The highest BCUT2D eigenvalue weighted by Gasteiger charge is 2.22. The fraction of sp³-hybridized carbons (Fsp3) is 0.250. The van der Waals surface area contributed by atoms with Crippen LogP contribution >= 0.6 is 11.8 Å². The number of anilines is 2. The normalized spacial score (nSPS) is 11.7. The minimum atomic E-state index is -0.375. The maximum Gasteiger partial charge on any atom is 0.237 e. The Morgan fingerprint density at radius 3 is 2.28 bits per heavy atom. The summed E-state index contributed by atoms with van der Waals surface area (Å²) >= 11 is 1.39. The predicted octanol–water partition coefficient (Wildman–Crippen LogP) is 5.93. The molecule has 8 heteroatoms. The average Bonchev–Trinajstić information content (AvgIpc) is 3.27. The van der Waals surface area contributed by atoms with Crippen molar-refractivity contribution in [3.63, 3.8) is 0 Å². The molecule has 1 heterocycles. The molecule has 2 N–H and O–H groups in total. The van der Waals surface area contributed by atoms with Crippen LogP contribution in [0.1, 0.15) is 29.4 Å². The van der Waals surface area contributed by atoms with E-state index in [9.17, 15) is 4.79 Å². The Morgan fingerprint density at radius 1 is 0.972 bits per heavy atom. The summed E-state index contributed by atoms with van der Waals surface area (Å²) in [7, 11) is 1.65. The van der Waals surface area contributed by atoms with Gasteiger partial charge in [0, 0.05) is 17.1 Å². The Balaban J connectivity index is 1.56. The zero-order valence-electron chi connectivity index (χ0n) is 21.2. The number of nitrogens with one attached hydrogen (secondary N) is 2. The molecule has 0 spiro atoms. The van der Waals surface area contributed by atoms with Crippen LogP contribution in [0.25, 0.3) is 5.69 Å². The molecule has 36 heavy (non-hydrogen) atoms. The maximum absolute atomic E-state index is 13.1. The van der Waals surface area contributed by atoms with Crippen molar-refractivity contribution >= 4 is 29.0 Å². The van der Waals surface area contributed by atoms with E-state index in [1.807, 2.05) is 79.9 Å². The number of aromatic nitrogens is 3. The second-order valence-electron chi connectivity index (χ2n) is 8.67. The Kier molecular flexibility index (Phi) is 7.95. The lowest BCUT2D eigenvalue weighted by atomic mass is 10.1. The second-order valence-corrected chi connectivity index (χ2v) is 9.98. The lowest BCUT2D eigenvalue weighted by Crippen LogP contribution is -2.24. The number of carbonyl (C=O) groups excluding carboxylic acids is 1. The van der Waals surface area contributed by atoms with Crippen LogP contribution in [0.15, 0.2) is 71.9 Å². The quantitative estimate of drug-likeness (QED) is 0.277. The van der Waals surface area contributed by atoms with Crippen molar-refractivity contribution in [3.8, 4) is 11.4 Å². The third kappa shape index (κ3) is 5.88. The summed E-state index contributed by atoms with van der Waals surface area (Å²) in [5.74, 6) is 1.48. The third-order valence-corrected chi connectivity index (χ3v) is 6.96. The number of hydrogen-bond acceptors (Lipinski definition) is 6. The molecule has 0 saturated heterocycles. The van der Waals surface area contributed by atoms with Gasteiger partial charge in [-0.2, -0.15) is 0 Å². The number of ether oxygens (including phenoxy) is 1. The van der Waals surface area contributed by atoms with Crippen LogP contribution in [0.2, 0.25) is 0 Å². The zero-order chi connectivity index (χ0) is 25.7. The van der Waals surface area contributed by atoms with Gasteiger partial charge in [-0.25, -0.2) is 0 Å². The first kappa shape index (κ1) is 25.3. The van der Waals surface area contributed by atoms with Gasteiger partial charge < -0.3 is 15.4 Å². The third-order valence-electron chi connectivity index (χ3n) is 5.91. The Morgan fingerprint density at radius 2 is 1.64 bits per heavy atom. The number of carbonyl (C=O) groups is 1. The molecule has 1 unspecified atom stereocenters. The van der Waals surface area contributed by atoms with Gasteiger partial charge in [-0.1, -0.05) is 47.7 Å². The number of methoxy groups -OCH3 is 1. The molecule has 1 atom stereocenters. The summed E-state index contributed by atoms with van der Waals surface area (Å²) in [4.78, 5) is 13.1. The van der Waals surface area contributed by atoms with Gasteiger partial charge in [0.25, 0.3) is 0 Å². The van der Waals surface area contributed by atoms with Crippen LogP contribution in [-0.4, -0.2) is 33.0 Å². The lowest BCUT2D eigenvalue weighted by molar-refractivity contribution is -0.115. The van der Waals surface area contributed by atoms with Gasteiger partial charge >= 0.3 is 0 Å². The minimum Gasteiger partial charge on any atom is -0.497 e. The van der Waals surface area contributed by atoms with Crippen molar-refractivity contribution in [1.82, 2.24) is 14.8 Å². The Labute approximate surface area is 216 Å². The van der Waals surface area contributed by atoms with E-state index in [1.165, 1.54) is 17.3 Å². The van der Waals surface area contributed by atoms with Crippen LogP contribution in [0.3, 0.4) is 0 Å². The number of thioether (sulfide) groups is 1. The van der Waals surface area contributed by atoms with Crippen LogP contribution in [-0.2, 0) is 11.3 Å². The molecule has 0 radical (unpaired) electrons. The fourth-order valence-corrected chi connectivity index (χ4v) is 4.67. The second kappa shape index (κ2) is 11.3. The lowest BCUT2D eigenvalue weighted by Gasteiger charge is -2.16. The van der Waals surface area contributed by atoms with E-state index in [0.29, 0.717) is 11.7 Å². The highest BCUT2D eigenvalue weighted by atomic mass is 32.2. The summed E-state index contributed by atoms with van der Waals surface area (Å²) in [5, 5.41) is 15.7. The van der Waals surface area contributed by atoms with E-state index in [2.05, 4.69) is 39.9 Å². The van der Waals surface area contributed by atoms with E-state index in [-0.39, 0.29) is 11.2 Å². The van der Waals surface area contributed by atoms with Crippen molar-refractivity contribution < 1.29 is 9.53 Å². The standard InChI is InChI=1S/C28H31N5O2S/c1-18-9-13-23(14-10-18)33-25(17-29-22-11-15-24(35-5)16-12-22)31-32-28(33)36-21(4)27(34)30-26-19(2)7-6-8-20(26)3/h6-16,21,29H,17H2,1-5H3,(H,30,34). The van der Waals surface area contributed by atoms with E-state index >= 15 is 0 Å². The van der Waals surface area contributed by atoms with Crippen LogP contribution in [0.5, 0.6) is 5.75 Å². The maximum atomic E-state index is 13.1. The molecule has 7 nitrogen and oxygen atoms in total. The number of amides is 1. The van der Waals surface area contributed by atoms with Gasteiger partial charge in [-0.3, -0.25) is 9.36 Å². The van der Waals surface area contributed by atoms with Crippen LogP contribution < -0.4 is 15.4 Å². The van der Waals surface area contributed by atoms with Crippen molar-refractivity contribution in [1.29, 1.82) is 0 Å². The number of aryl methyl sites for hydroxylation is 3. The van der Waals surface area contributed by atoms with Gasteiger partial charge in [-0.15, -0.1) is 10.2 Å². The summed E-state index contributed by atoms with van der Waals surface area (Å²) in [6, 6.07) is 21.9. The predicted molar refractivity (Wildman–Crippen MR) is 146 cm³/mol. The molecule has 4 rings (SSSR count). The highest BCUT2D eigenvalue weighted by Crippen LogP contribution is 2.28. The Hall–Kier alpha value is -3.78. The molecule has 0 bridgehead atoms.